The lowest BCUT2D eigenvalue weighted by molar-refractivity contribution is 1.15. The number of hydrogen-bond acceptors (Lipinski definition) is 1. The second-order valence-electron chi connectivity index (χ2n) is 3.49. The van der Waals surface area contributed by atoms with E-state index in [-0.39, 0.29) is 0 Å². The van der Waals surface area contributed by atoms with Crippen LogP contribution in [0.2, 0.25) is 5.02 Å². The summed E-state index contributed by atoms with van der Waals surface area (Å²) in [6, 6.07) is 16.2. The Kier molecular flexibility index (Phi) is 4.07. The summed E-state index contributed by atoms with van der Waals surface area (Å²) in [5.74, 6) is 0. The molecule has 2 rings (SSSR count). The largest absolute Gasteiger partial charge is 0.381 e. The molecular formula is C13H11ClIN. The van der Waals surface area contributed by atoms with Crippen LogP contribution in [0.15, 0.2) is 48.5 Å². The molecule has 82 valence electrons. The van der Waals surface area contributed by atoms with Gasteiger partial charge >= 0.3 is 0 Å². The Morgan fingerprint density at radius 3 is 2.19 bits per heavy atom. The maximum absolute atomic E-state index is 5.83. The summed E-state index contributed by atoms with van der Waals surface area (Å²) >= 11 is 8.12. The van der Waals surface area contributed by atoms with E-state index < -0.39 is 0 Å². The third kappa shape index (κ3) is 3.39. The summed E-state index contributed by atoms with van der Waals surface area (Å²) in [5.41, 5.74) is 2.36. The second-order valence-corrected chi connectivity index (χ2v) is 5.17. The number of halogens is 2. The van der Waals surface area contributed by atoms with E-state index in [0.717, 1.165) is 17.3 Å². The SMILES string of the molecule is Clc1ccc(CNc2ccc(I)cc2)cc1. The Balaban J connectivity index is 1.97. The maximum atomic E-state index is 5.83. The van der Waals surface area contributed by atoms with Crippen LogP contribution in [0.5, 0.6) is 0 Å². The van der Waals surface area contributed by atoms with Gasteiger partial charge in [-0.3, -0.25) is 0 Å². The van der Waals surface area contributed by atoms with E-state index in [1.807, 2.05) is 24.3 Å². The van der Waals surface area contributed by atoms with Crippen molar-refractivity contribution in [3.05, 3.63) is 62.7 Å². The predicted octanol–water partition coefficient (Wildman–Crippen LogP) is 4.56. The van der Waals surface area contributed by atoms with Gasteiger partial charge in [-0.15, -0.1) is 0 Å². The van der Waals surface area contributed by atoms with Crippen molar-refractivity contribution in [2.75, 3.05) is 5.32 Å². The molecule has 0 aliphatic rings. The average Bonchev–Trinajstić information content (AvgIpc) is 2.30. The minimum atomic E-state index is 0.776. The Morgan fingerprint density at radius 1 is 0.938 bits per heavy atom. The Labute approximate surface area is 114 Å². The van der Waals surface area contributed by atoms with E-state index in [1.165, 1.54) is 9.13 Å². The van der Waals surface area contributed by atoms with Crippen LogP contribution in [0.3, 0.4) is 0 Å². The van der Waals surface area contributed by atoms with E-state index >= 15 is 0 Å². The van der Waals surface area contributed by atoms with Crippen molar-refractivity contribution in [2.24, 2.45) is 0 Å². The van der Waals surface area contributed by atoms with Crippen molar-refractivity contribution in [3.8, 4) is 0 Å². The molecular weight excluding hydrogens is 333 g/mol. The van der Waals surface area contributed by atoms with Crippen molar-refractivity contribution in [2.45, 2.75) is 6.54 Å². The van der Waals surface area contributed by atoms with E-state index in [2.05, 4.69) is 52.2 Å². The Hall–Kier alpha value is -0.740. The molecule has 0 bridgehead atoms. The highest BCUT2D eigenvalue weighted by Crippen LogP contribution is 2.14. The summed E-state index contributed by atoms with van der Waals surface area (Å²) in [6.45, 7) is 0.817. The first-order chi connectivity index (χ1) is 7.74. The van der Waals surface area contributed by atoms with Crippen molar-refractivity contribution in [1.29, 1.82) is 0 Å². The van der Waals surface area contributed by atoms with E-state index in [4.69, 9.17) is 11.6 Å². The van der Waals surface area contributed by atoms with Crippen molar-refractivity contribution in [1.82, 2.24) is 0 Å². The van der Waals surface area contributed by atoms with Crippen LogP contribution in [0, 0.1) is 3.57 Å². The molecule has 0 aliphatic carbocycles. The van der Waals surface area contributed by atoms with Crippen molar-refractivity contribution < 1.29 is 0 Å². The highest BCUT2D eigenvalue weighted by Gasteiger charge is 1.94. The van der Waals surface area contributed by atoms with Crippen LogP contribution in [0.1, 0.15) is 5.56 Å². The molecule has 0 fully saturated rings. The van der Waals surface area contributed by atoms with E-state index in [0.29, 0.717) is 0 Å². The first-order valence-corrected chi connectivity index (χ1v) is 6.43. The summed E-state index contributed by atoms with van der Waals surface area (Å²) in [5, 5.41) is 4.14. The van der Waals surface area contributed by atoms with Gasteiger partial charge in [0, 0.05) is 20.8 Å². The normalized spacial score (nSPS) is 10.1. The molecule has 0 saturated heterocycles. The molecule has 0 heterocycles. The zero-order valence-electron chi connectivity index (χ0n) is 8.58. The van der Waals surface area contributed by atoms with Crippen LogP contribution in [0.4, 0.5) is 5.69 Å². The average molecular weight is 344 g/mol. The number of rotatable bonds is 3. The van der Waals surface area contributed by atoms with Crippen molar-refractivity contribution >= 4 is 39.9 Å². The number of nitrogens with one attached hydrogen (secondary N) is 1. The molecule has 0 amide bonds. The molecule has 3 heteroatoms. The zero-order valence-corrected chi connectivity index (χ0v) is 11.5. The van der Waals surface area contributed by atoms with Gasteiger partial charge in [-0.2, -0.15) is 0 Å². The van der Waals surface area contributed by atoms with Gasteiger partial charge in [-0.05, 0) is 64.6 Å². The summed E-state index contributed by atoms with van der Waals surface area (Å²) in [4.78, 5) is 0. The van der Waals surface area contributed by atoms with Gasteiger partial charge in [0.05, 0.1) is 0 Å². The molecule has 16 heavy (non-hydrogen) atoms. The molecule has 1 nitrogen and oxygen atoms in total. The lowest BCUT2D eigenvalue weighted by Gasteiger charge is -2.06. The molecule has 0 spiro atoms. The molecule has 0 unspecified atom stereocenters. The van der Waals surface area contributed by atoms with Crippen LogP contribution in [-0.4, -0.2) is 0 Å². The topological polar surface area (TPSA) is 12.0 Å². The molecule has 0 aromatic heterocycles. The molecule has 0 saturated carbocycles. The van der Waals surface area contributed by atoms with Gasteiger partial charge in [0.2, 0.25) is 0 Å². The van der Waals surface area contributed by atoms with E-state index in [1.54, 1.807) is 0 Å². The van der Waals surface area contributed by atoms with Gasteiger partial charge in [0.25, 0.3) is 0 Å². The minimum absolute atomic E-state index is 0.776. The predicted molar refractivity (Wildman–Crippen MR) is 77.9 cm³/mol. The number of benzene rings is 2. The highest BCUT2D eigenvalue weighted by molar-refractivity contribution is 14.1. The maximum Gasteiger partial charge on any atom is 0.0406 e. The van der Waals surface area contributed by atoms with Crippen LogP contribution in [-0.2, 0) is 6.54 Å². The Bertz CT molecular complexity index is 405. The third-order valence-corrected chi connectivity index (χ3v) is 3.23. The van der Waals surface area contributed by atoms with Crippen LogP contribution >= 0.6 is 34.2 Å². The van der Waals surface area contributed by atoms with Gasteiger partial charge in [0.15, 0.2) is 0 Å². The third-order valence-electron chi connectivity index (χ3n) is 2.25. The highest BCUT2D eigenvalue weighted by atomic mass is 127. The summed E-state index contributed by atoms with van der Waals surface area (Å²) < 4.78 is 1.25. The van der Waals surface area contributed by atoms with Gasteiger partial charge in [-0.1, -0.05) is 23.7 Å². The smallest absolute Gasteiger partial charge is 0.0406 e. The fourth-order valence-electron chi connectivity index (χ4n) is 1.37. The summed E-state index contributed by atoms with van der Waals surface area (Å²) in [6.07, 6.45) is 0. The molecule has 0 atom stereocenters. The number of hydrogen-bond donors (Lipinski definition) is 1. The van der Waals surface area contributed by atoms with Crippen LogP contribution in [0.25, 0.3) is 0 Å². The van der Waals surface area contributed by atoms with E-state index in [9.17, 15) is 0 Å². The molecule has 0 aliphatic heterocycles. The second kappa shape index (κ2) is 5.55. The molecule has 1 N–H and O–H groups in total. The standard InChI is InChI=1S/C13H11ClIN/c14-11-3-1-10(2-4-11)9-16-13-7-5-12(15)6-8-13/h1-8,16H,9H2. The molecule has 0 radical (unpaired) electrons. The summed E-state index contributed by atoms with van der Waals surface area (Å²) in [7, 11) is 0. The zero-order chi connectivity index (χ0) is 11.4. The van der Waals surface area contributed by atoms with Gasteiger partial charge < -0.3 is 5.32 Å². The fraction of sp³-hybridized carbons (Fsp3) is 0.0769. The lowest BCUT2D eigenvalue weighted by Crippen LogP contribution is -1.98. The molecule has 2 aromatic rings. The van der Waals surface area contributed by atoms with Crippen LogP contribution < -0.4 is 5.32 Å². The van der Waals surface area contributed by atoms with Gasteiger partial charge in [0.1, 0.15) is 0 Å². The minimum Gasteiger partial charge on any atom is -0.381 e. The molecule has 2 aromatic carbocycles. The Morgan fingerprint density at radius 2 is 1.56 bits per heavy atom. The number of anilines is 1. The quantitative estimate of drug-likeness (QED) is 0.806. The fourth-order valence-corrected chi connectivity index (χ4v) is 1.86. The van der Waals surface area contributed by atoms with Gasteiger partial charge in [-0.25, -0.2) is 0 Å². The first kappa shape index (κ1) is 11.7. The first-order valence-electron chi connectivity index (χ1n) is 4.98. The monoisotopic (exact) mass is 343 g/mol. The van der Waals surface area contributed by atoms with Crippen molar-refractivity contribution in [3.63, 3.8) is 0 Å². The lowest BCUT2D eigenvalue weighted by atomic mass is 10.2.